The van der Waals surface area contributed by atoms with Crippen molar-refractivity contribution in [1.82, 2.24) is 14.3 Å². The molecule has 13 heavy (non-hydrogen) atoms. The van der Waals surface area contributed by atoms with Crippen LogP contribution in [0.15, 0.2) is 6.33 Å². The van der Waals surface area contributed by atoms with Crippen LogP contribution in [0.25, 0.3) is 0 Å². The van der Waals surface area contributed by atoms with Gasteiger partial charge in [-0.05, 0) is 30.9 Å². The number of nitrogens with two attached hydrogens (primary N) is 1. The molecule has 1 saturated heterocycles. The molecule has 1 aromatic heterocycles. The average molecular weight is 198 g/mol. The second kappa shape index (κ2) is 4.13. The molecule has 1 atom stereocenters. The van der Waals surface area contributed by atoms with Gasteiger partial charge >= 0.3 is 0 Å². The normalized spacial score (nSPS) is 24.8. The second-order valence-electron chi connectivity index (χ2n) is 3.47. The van der Waals surface area contributed by atoms with E-state index < -0.39 is 0 Å². The van der Waals surface area contributed by atoms with Crippen molar-refractivity contribution in [2.75, 3.05) is 13.1 Å². The highest BCUT2D eigenvalue weighted by Crippen LogP contribution is 2.12. The lowest BCUT2D eigenvalue weighted by molar-refractivity contribution is 0.201. The van der Waals surface area contributed by atoms with Crippen LogP contribution >= 0.6 is 11.5 Å². The van der Waals surface area contributed by atoms with Crippen LogP contribution in [0, 0.1) is 0 Å². The molecule has 2 rings (SSSR count). The minimum absolute atomic E-state index is 0.349. The van der Waals surface area contributed by atoms with Gasteiger partial charge in [0.1, 0.15) is 11.3 Å². The molecule has 72 valence electrons. The van der Waals surface area contributed by atoms with Crippen molar-refractivity contribution in [3.05, 3.63) is 11.3 Å². The topological polar surface area (TPSA) is 55.0 Å². The molecule has 0 bridgehead atoms. The van der Waals surface area contributed by atoms with E-state index in [1.54, 1.807) is 6.33 Å². The summed E-state index contributed by atoms with van der Waals surface area (Å²) in [5.41, 5.74) is 5.88. The van der Waals surface area contributed by atoms with Crippen LogP contribution in [0.4, 0.5) is 0 Å². The third-order valence-electron chi connectivity index (χ3n) is 2.31. The van der Waals surface area contributed by atoms with Crippen molar-refractivity contribution in [3.8, 4) is 0 Å². The minimum Gasteiger partial charge on any atom is -0.327 e. The number of likely N-dealkylation sites (tertiary alicyclic amines) is 1. The zero-order valence-corrected chi connectivity index (χ0v) is 8.33. The van der Waals surface area contributed by atoms with E-state index in [1.165, 1.54) is 18.0 Å². The Morgan fingerprint density at radius 1 is 1.69 bits per heavy atom. The third kappa shape index (κ3) is 2.46. The van der Waals surface area contributed by atoms with Gasteiger partial charge in [-0.1, -0.05) is 0 Å². The Bertz CT molecular complexity index is 249. The molecule has 4 nitrogen and oxygen atoms in total. The molecule has 5 heteroatoms. The van der Waals surface area contributed by atoms with Crippen LogP contribution in [0.5, 0.6) is 0 Å². The van der Waals surface area contributed by atoms with E-state index >= 15 is 0 Å². The molecule has 2 N–H and O–H groups in total. The summed E-state index contributed by atoms with van der Waals surface area (Å²) >= 11 is 1.47. The maximum Gasteiger partial charge on any atom is 0.129 e. The van der Waals surface area contributed by atoms with Gasteiger partial charge < -0.3 is 5.73 Å². The van der Waals surface area contributed by atoms with Crippen molar-refractivity contribution in [2.24, 2.45) is 5.73 Å². The molecule has 1 fully saturated rings. The summed E-state index contributed by atoms with van der Waals surface area (Å²) in [4.78, 5) is 6.52. The molecular weight excluding hydrogens is 184 g/mol. The van der Waals surface area contributed by atoms with E-state index in [9.17, 15) is 0 Å². The predicted octanol–water partition coefficient (Wildman–Crippen LogP) is 0.461. The first-order chi connectivity index (χ1) is 6.34. The fourth-order valence-corrected chi connectivity index (χ4v) is 2.24. The Morgan fingerprint density at radius 3 is 3.31 bits per heavy atom. The van der Waals surface area contributed by atoms with Crippen LogP contribution in [0.3, 0.4) is 0 Å². The fourth-order valence-electron chi connectivity index (χ4n) is 1.69. The maximum atomic E-state index is 5.88. The van der Waals surface area contributed by atoms with Crippen LogP contribution < -0.4 is 5.73 Å². The summed E-state index contributed by atoms with van der Waals surface area (Å²) in [5, 5.41) is 1.09. The number of piperidine rings is 1. The summed E-state index contributed by atoms with van der Waals surface area (Å²) in [6, 6.07) is 0.349. The molecule has 1 unspecified atom stereocenters. The molecule has 0 spiro atoms. The summed E-state index contributed by atoms with van der Waals surface area (Å²) < 4.78 is 3.98. The van der Waals surface area contributed by atoms with E-state index in [0.717, 1.165) is 31.1 Å². The standard InChI is InChI=1S/C8H14N4S/c9-7-2-1-3-12(4-7)5-8-10-6-11-13-8/h6-7H,1-5,9H2. The molecule has 0 saturated carbocycles. The quantitative estimate of drug-likeness (QED) is 0.750. The van der Waals surface area contributed by atoms with Gasteiger partial charge in [0.05, 0.1) is 6.54 Å². The van der Waals surface area contributed by atoms with Gasteiger partial charge in [0.2, 0.25) is 0 Å². The minimum atomic E-state index is 0.349. The van der Waals surface area contributed by atoms with Gasteiger partial charge in [-0.25, -0.2) is 4.98 Å². The number of rotatable bonds is 2. The molecule has 0 radical (unpaired) electrons. The van der Waals surface area contributed by atoms with Crippen molar-refractivity contribution in [3.63, 3.8) is 0 Å². The highest BCUT2D eigenvalue weighted by atomic mass is 32.1. The molecule has 1 aromatic rings. The van der Waals surface area contributed by atoms with Crippen LogP contribution in [-0.4, -0.2) is 33.4 Å². The number of aromatic nitrogens is 2. The van der Waals surface area contributed by atoms with Crippen LogP contribution in [0.1, 0.15) is 17.8 Å². The van der Waals surface area contributed by atoms with E-state index in [2.05, 4.69) is 14.3 Å². The van der Waals surface area contributed by atoms with Gasteiger partial charge in [0, 0.05) is 12.6 Å². The highest BCUT2D eigenvalue weighted by molar-refractivity contribution is 7.05. The first kappa shape index (κ1) is 9.05. The maximum absolute atomic E-state index is 5.88. The van der Waals surface area contributed by atoms with Crippen molar-refractivity contribution in [1.29, 1.82) is 0 Å². The predicted molar refractivity (Wildman–Crippen MR) is 52.4 cm³/mol. The molecule has 2 heterocycles. The molecular formula is C8H14N4S. The first-order valence-electron chi connectivity index (χ1n) is 4.58. The third-order valence-corrected chi connectivity index (χ3v) is 2.95. The first-order valence-corrected chi connectivity index (χ1v) is 5.35. The van der Waals surface area contributed by atoms with E-state index in [4.69, 9.17) is 5.73 Å². The SMILES string of the molecule is NC1CCCN(Cc2ncns2)C1. The molecule has 1 aliphatic heterocycles. The van der Waals surface area contributed by atoms with Crippen LogP contribution in [-0.2, 0) is 6.54 Å². The highest BCUT2D eigenvalue weighted by Gasteiger charge is 2.17. The zero-order valence-electron chi connectivity index (χ0n) is 7.52. The van der Waals surface area contributed by atoms with Crippen molar-refractivity contribution < 1.29 is 0 Å². The summed E-state index contributed by atoms with van der Waals surface area (Å²) in [7, 11) is 0. The van der Waals surface area contributed by atoms with Gasteiger partial charge in [-0.2, -0.15) is 4.37 Å². The molecule has 0 amide bonds. The summed E-state index contributed by atoms with van der Waals surface area (Å²) in [5.74, 6) is 0. The number of hydrogen-bond donors (Lipinski definition) is 1. The average Bonchev–Trinajstić information content (AvgIpc) is 2.57. The lowest BCUT2D eigenvalue weighted by Gasteiger charge is -2.29. The summed E-state index contributed by atoms with van der Waals surface area (Å²) in [6.07, 6.45) is 3.98. The second-order valence-corrected chi connectivity index (χ2v) is 4.34. The lowest BCUT2D eigenvalue weighted by atomic mass is 10.1. The zero-order chi connectivity index (χ0) is 9.10. The van der Waals surface area contributed by atoms with Gasteiger partial charge in [-0.15, -0.1) is 0 Å². The smallest absolute Gasteiger partial charge is 0.129 e. The Balaban J connectivity index is 1.87. The fraction of sp³-hybridized carbons (Fsp3) is 0.750. The van der Waals surface area contributed by atoms with Gasteiger partial charge in [-0.3, -0.25) is 4.90 Å². The van der Waals surface area contributed by atoms with Gasteiger partial charge in [0.15, 0.2) is 0 Å². The molecule has 0 aromatic carbocycles. The number of hydrogen-bond acceptors (Lipinski definition) is 5. The Kier molecular flexibility index (Phi) is 2.87. The van der Waals surface area contributed by atoms with Crippen molar-refractivity contribution >= 4 is 11.5 Å². The monoisotopic (exact) mass is 198 g/mol. The molecule has 0 aliphatic carbocycles. The number of nitrogens with zero attached hydrogens (tertiary/aromatic N) is 3. The van der Waals surface area contributed by atoms with E-state index in [0.29, 0.717) is 6.04 Å². The lowest BCUT2D eigenvalue weighted by Crippen LogP contribution is -2.42. The Morgan fingerprint density at radius 2 is 2.62 bits per heavy atom. The Labute approximate surface area is 81.9 Å². The molecule has 1 aliphatic rings. The Hall–Kier alpha value is -0.520. The van der Waals surface area contributed by atoms with Crippen LogP contribution in [0.2, 0.25) is 0 Å². The van der Waals surface area contributed by atoms with E-state index in [-0.39, 0.29) is 0 Å². The van der Waals surface area contributed by atoms with Crippen molar-refractivity contribution in [2.45, 2.75) is 25.4 Å². The van der Waals surface area contributed by atoms with E-state index in [1.807, 2.05) is 0 Å². The van der Waals surface area contributed by atoms with Gasteiger partial charge in [0.25, 0.3) is 0 Å². The largest absolute Gasteiger partial charge is 0.327 e. The summed E-state index contributed by atoms with van der Waals surface area (Å²) in [6.45, 7) is 3.06.